The highest BCUT2D eigenvalue weighted by molar-refractivity contribution is 7.01. The SMILES string of the molecule is C=C(CCC)c1cc(CC)cc(N2c3cccc4c3B(c3ccc5oc6ccc(C(C)(C)C)cc6c5c32)c2ccc3oc5ccc(C(C)(C)C)cc5c3c2N4c2cc(C(C)(C)C)ccc2-c2ccc(C)cc2)c1. The molecule has 0 bridgehead atoms. The van der Waals surface area contributed by atoms with Crippen LogP contribution in [0.15, 0.2) is 155 Å². The van der Waals surface area contributed by atoms with Crippen LogP contribution in [0, 0.1) is 6.92 Å². The molecule has 0 aliphatic carbocycles. The first-order valence-electron chi connectivity index (χ1n) is 26.6. The molecular formula is C68H67BN2O2. The number of benzene rings is 8. The third-order valence-electron chi connectivity index (χ3n) is 16.0. The molecule has 0 N–H and O–H groups in total. The van der Waals surface area contributed by atoms with Crippen LogP contribution in [-0.2, 0) is 22.7 Å². The Kier molecular flexibility index (Phi) is 10.7. The van der Waals surface area contributed by atoms with Crippen LogP contribution in [0.25, 0.3) is 60.6 Å². The highest BCUT2D eigenvalue weighted by Gasteiger charge is 2.46. The van der Waals surface area contributed by atoms with Gasteiger partial charge in [0.1, 0.15) is 22.3 Å². The van der Waals surface area contributed by atoms with Crippen molar-refractivity contribution in [2.45, 2.75) is 119 Å². The normalized spacial score (nSPS) is 13.6. The lowest BCUT2D eigenvalue weighted by atomic mass is 9.33. The second-order valence-corrected chi connectivity index (χ2v) is 24.1. The minimum Gasteiger partial charge on any atom is -0.456 e. The van der Waals surface area contributed by atoms with Crippen LogP contribution in [0.2, 0.25) is 0 Å². The summed E-state index contributed by atoms with van der Waals surface area (Å²) >= 11 is 0. The number of fused-ring (bicyclic) bond motifs is 12. The number of allylic oxidation sites excluding steroid dienone is 1. The van der Waals surface area contributed by atoms with Gasteiger partial charge in [-0.05, 0) is 158 Å². The number of anilines is 6. The Morgan fingerprint density at radius 1 is 0.534 bits per heavy atom. The Morgan fingerprint density at radius 2 is 1.05 bits per heavy atom. The number of furan rings is 2. The first-order chi connectivity index (χ1) is 34.8. The highest BCUT2D eigenvalue weighted by atomic mass is 16.3. The maximum absolute atomic E-state index is 6.96. The summed E-state index contributed by atoms with van der Waals surface area (Å²) in [6, 6.07) is 53.3. The van der Waals surface area contributed by atoms with Crippen molar-refractivity contribution >= 4 is 107 Å². The summed E-state index contributed by atoms with van der Waals surface area (Å²) in [6.07, 6.45) is 2.88. The molecule has 0 amide bonds. The van der Waals surface area contributed by atoms with E-state index < -0.39 is 0 Å². The fourth-order valence-corrected chi connectivity index (χ4v) is 11.9. The molecule has 0 unspecified atom stereocenters. The number of rotatable bonds is 7. The number of hydrogen-bond acceptors (Lipinski definition) is 4. The van der Waals surface area contributed by atoms with Gasteiger partial charge in [0.15, 0.2) is 0 Å². The smallest absolute Gasteiger partial charge is 0.252 e. The predicted molar refractivity (Wildman–Crippen MR) is 315 cm³/mol. The molecule has 0 saturated carbocycles. The van der Waals surface area contributed by atoms with Crippen LogP contribution in [0.1, 0.15) is 122 Å². The van der Waals surface area contributed by atoms with Gasteiger partial charge < -0.3 is 18.6 Å². The van der Waals surface area contributed by atoms with Crippen LogP contribution < -0.4 is 26.2 Å². The largest absolute Gasteiger partial charge is 0.456 e. The van der Waals surface area contributed by atoms with Gasteiger partial charge in [-0.3, -0.25) is 0 Å². The highest BCUT2D eigenvalue weighted by Crippen LogP contribution is 2.52. The zero-order chi connectivity index (χ0) is 51.0. The van der Waals surface area contributed by atoms with E-state index >= 15 is 0 Å². The van der Waals surface area contributed by atoms with Gasteiger partial charge in [0.25, 0.3) is 6.71 Å². The maximum atomic E-state index is 6.96. The Labute approximate surface area is 432 Å². The third-order valence-corrected chi connectivity index (χ3v) is 16.0. The van der Waals surface area contributed by atoms with E-state index in [4.69, 9.17) is 8.83 Å². The summed E-state index contributed by atoms with van der Waals surface area (Å²) in [5.74, 6) is 0. The molecule has 10 aromatic rings. The number of aryl methyl sites for hydroxylation is 2. The molecule has 4 heterocycles. The molecule has 73 heavy (non-hydrogen) atoms. The quantitative estimate of drug-likeness (QED) is 0.149. The van der Waals surface area contributed by atoms with Crippen molar-refractivity contribution in [2.75, 3.05) is 9.80 Å². The average Bonchev–Trinajstić information content (AvgIpc) is 3.93. The lowest BCUT2D eigenvalue weighted by Crippen LogP contribution is -2.61. The van der Waals surface area contributed by atoms with Crippen molar-refractivity contribution in [3.8, 4) is 11.1 Å². The van der Waals surface area contributed by atoms with Gasteiger partial charge in [-0.2, -0.15) is 0 Å². The predicted octanol–water partition coefficient (Wildman–Crippen LogP) is 17.8. The second-order valence-electron chi connectivity index (χ2n) is 24.1. The van der Waals surface area contributed by atoms with E-state index in [2.05, 4.69) is 239 Å². The minimum atomic E-state index is -0.137. The van der Waals surface area contributed by atoms with Crippen molar-refractivity contribution in [1.29, 1.82) is 0 Å². The maximum Gasteiger partial charge on any atom is 0.252 e. The van der Waals surface area contributed by atoms with Crippen LogP contribution in [-0.4, -0.2) is 6.71 Å². The molecule has 2 aliphatic heterocycles. The third kappa shape index (κ3) is 7.47. The zero-order valence-electron chi connectivity index (χ0n) is 44.9. The summed E-state index contributed by atoms with van der Waals surface area (Å²) in [5, 5.41) is 4.54. The van der Waals surface area contributed by atoms with Crippen molar-refractivity contribution in [1.82, 2.24) is 0 Å². The number of hydrogen-bond donors (Lipinski definition) is 0. The molecule has 364 valence electrons. The van der Waals surface area contributed by atoms with Gasteiger partial charge in [0, 0.05) is 33.4 Å². The summed E-state index contributed by atoms with van der Waals surface area (Å²) in [4.78, 5) is 5.21. The van der Waals surface area contributed by atoms with Crippen LogP contribution >= 0.6 is 0 Å². The van der Waals surface area contributed by atoms with Crippen molar-refractivity contribution in [3.05, 3.63) is 179 Å². The van der Waals surface area contributed by atoms with Gasteiger partial charge in [-0.15, -0.1) is 0 Å². The first-order valence-corrected chi connectivity index (χ1v) is 26.6. The summed E-state index contributed by atoms with van der Waals surface area (Å²) in [6.45, 7) is 32.0. The van der Waals surface area contributed by atoms with Gasteiger partial charge in [0.05, 0.1) is 27.8 Å². The fraction of sp³-hybridized carbons (Fsp3) is 0.265. The van der Waals surface area contributed by atoms with Crippen molar-refractivity contribution in [3.63, 3.8) is 0 Å². The van der Waals surface area contributed by atoms with Gasteiger partial charge >= 0.3 is 0 Å². The summed E-state index contributed by atoms with van der Waals surface area (Å²) in [7, 11) is 0. The minimum absolute atomic E-state index is 0.0586. The summed E-state index contributed by atoms with van der Waals surface area (Å²) < 4.78 is 13.9. The van der Waals surface area contributed by atoms with E-state index in [0.717, 1.165) is 91.6 Å². The van der Waals surface area contributed by atoms with Gasteiger partial charge in [0.2, 0.25) is 0 Å². The average molecular weight is 955 g/mol. The first kappa shape index (κ1) is 46.8. The fourth-order valence-electron chi connectivity index (χ4n) is 11.9. The monoisotopic (exact) mass is 955 g/mol. The molecule has 0 saturated heterocycles. The zero-order valence-corrected chi connectivity index (χ0v) is 44.9. The Hall–Kier alpha value is -7.24. The molecule has 0 spiro atoms. The van der Waals surface area contributed by atoms with E-state index in [1.807, 2.05) is 0 Å². The number of nitrogens with zero attached hydrogens (tertiary/aromatic N) is 2. The van der Waals surface area contributed by atoms with Crippen LogP contribution in [0.3, 0.4) is 0 Å². The molecule has 4 nitrogen and oxygen atoms in total. The Morgan fingerprint density at radius 3 is 1.60 bits per heavy atom. The molecule has 0 fully saturated rings. The van der Waals surface area contributed by atoms with E-state index in [-0.39, 0.29) is 23.0 Å². The standard InChI is InChI=1S/C68H67BN2O2/c1-14-17-41(4)44-34-42(15-2)35-48(36-44)70-54-18-16-19-55-63(54)69(52-28-32-59-61(64(52)70)50-37-45(66(5,6)7)25-30-57(50)72-59)53-29-33-60-62(51-38-46(67(8,9)10)26-31-58(51)73-60)65(53)71(55)56-39-47(68(11,12)13)24-27-49(56)43-22-20-40(3)21-23-43/h16,18-39H,4,14-15,17H2,1-3,5-13H3. The van der Waals surface area contributed by atoms with Crippen LogP contribution in [0.5, 0.6) is 0 Å². The molecule has 0 atom stereocenters. The molecule has 2 aliphatic rings. The van der Waals surface area contributed by atoms with E-state index in [1.54, 1.807) is 0 Å². The lowest BCUT2D eigenvalue weighted by Gasteiger charge is -2.45. The topological polar surface area (TPSA) is 32.8 Å². The molecule has 8 aromatic carbocycles. The van der Waals surface area contributed by atoms with E-state index in [9.17, 15) is 0 Å². The Balaban J connectivity index is 1.26. The van der Waals surface area contributed by atoms with Crippen molar-refractivity contribution in [2.24, 2.45) is 0 Å². The molecule has 0 radical (unpaired) electrons. The van der Waals surface area contributed by atoms with E-state index in [0.29, 0.717) is 0 Å². The van der Waals surface area contributed by atoms with Gasteiger partial charge in [-0.1, -0.05) is 168 Å². The van der Waals surface area contributed by atoms with Gasteiger partial charge in [-0.25, -0.2) is 0 Å². The summed E-state index contributed by atoms with van der Waals surface area (Å²) in [5.41, 5.74) is 25.1. The second kappa shape index (κ2) is 16.6. The van der Waals surface area contributed by atoms with E-state index in [1.165, 1.54) is 72.2 Å². The molecule has 12 rings (SSSR count). The molecule has 2 aromatic heterocycles. The molecule has 5 heteroatoms. The van der Waals surface area contributed by atoms with Crippen LogP contribution in [0.4, 0.5) is 34.1 Å². The lowest BCUT2D eigenvalue weighted by molar-refractivity contribution is 0.590. The molecular weight excluding hydrogens is 888 g/mol. The Bertz CT molecular complexity index is 3900. The van der Waals surface area contributed by atoms with Crippen molar-refractivity contribution < 1.29 is 8.83 Å².